The minimum Gasteiger partial charge on any atom is -0.479 e. The first-order chi connectivity index (χ1) is 10.6. The number of nitro groups is 1. The monoisotopic (exact) mass is 316 g/mol. The Hall–Kier alpha value is -2.71. The average Bonchev–Trinajstić information content (AvgIpc) is 2.52. The van der Waals surface area contributed by atoms with Crippen molar-refractivity contribution in [1.82, 2.24) is 0 Å². The molecule has 0 fully saturated rings. The predicted molar refractivity (Wildman–Crippen MR) is 86.2 cm³/mol. The number of halogens is 1. The van der Waals surface area contributed by atoms with E-state index < -0.39 is 4.92 Å². The van der Waals surface area contributed by atoms with Crippen molar-refractivity contribution in [3.8, 4) is 18.1 Å². The summed E-state index contributed by atoms with van der Waals surface area (Å²) in [6.07, 6.45) is 5.13. The average molecular weight is 317 g/mol. The van der Waals surface area contributed by atoms with Crippen LogP contribution in [0.1, 0.15) is 5.56 Å². The van der Waals surface area contributed by atoms with Crippen LogP contribution in [0.4, 0.5) is 11.4 Å². The van der Waals surface area contributed by atoms with Gasteiger partial charge in [0.1, 0.15) is 12.4 Å². The van der Waals surface area contributed by atoms with Gasteiger partial charge in [-0.25, -0.2) is 0 Å². The highest BCUT2D eigenvalue weighted by molar-refractivity contribution is 6.32. The van der Waals surface area contributed by atoms with Gasteiger partial charge in [-0.1, -0.05) is 23.6 Å². The van der Waals surface area contributed by atoms with Gasteiger partial charge in [0.05, 0.1) is 9.95 Å². The van der Waals surface area contributed by atoms with E-state index in [1.165, 1.54) is 12.1 Å². The lowest BCUT2D eigenvalue weighted by Gasteiger charge is -2.09. The lowest BCUT2D eigenvalue weighted by Crippen LogP contribution is -2.00. The fourth-order valence-electron chi connectivity index (χ4n) is 1.80. The highest BCUT2D eigenvalue weighted by Crippen LogP contribution is 2.26. The highest BCUT2D eigenvalue weighted by atomic mass is 35.5. The van der Waals surface area contributed by atoms with Gasteiger partial charge in [-0.2, -0.15) is 0 Å². The maximum atomic E-state index is 10.6. The number of non-ortho nitro benzene ring substituents is 1. The number of rotatable bonds is 6. The number of hydrogen-bond donors (Lipinski definition) is 1. The Morgan fingerprint density at radius 3 is 2.59 bits per heavy atom. The van der Waals surface area contributed by atoms with Gasteiger partial charge in [-0.05, 0) is 29.8 Å². The molecule has 0 heterocycles. The Bertz CT molecular complexity index is 708. The van der Waals surface area contributed by atoms with E-state index in [2.05, 4.69) is 11.2 Å². The van der Waals surface area contributed by atoms with E-state index in [-0.39, 0.29) is 12.3 Å². The molecule has 0 aliphatic carbocycles. The van der Waals surface area contributed by atoms with Crippen molar-refractivity contribution in [2.24, 2.45) is 0 Å². The molecular weight excluding hydrogens is 304 g/mol. The molecule has 2 aromatic rings. The van der Waals surface area contributed by atoms with E-state index in [1.807, 2.05) is 6.07 Å². The van der Waals surface area contributed by atoms with E-state index in [9.17, 15) is 10.1 Å². The molecule has 112 valence electrons. The van der Waals surface area contributed by atoms with Crippen molar-refractivity contribution in [1.29, 1.82) is 0 Å². The van der Waals surface area contributed by atoms with Crippen molar-refractivity contribution >= 4 is 23.0 Å². The molecule has 0 aromatic heterocycles. The van der Waals surface area contributed by atoms with Crippen molar-refractivity contribution in [3.05, 3.63) is 63.2 Å². The van der Waals surface area contributed by atoms with Gasteiger partial charge < -0.3 is 10.1 Å². The second-order valence-electron chi connectivity index (χ2n) is 4.42. The molecule has 0 saturated heterocycles. The molecule has 0 bridgehead atoms. The first-order valence-corrected chi connectivity index (χ1v) is 6.81. The number of ether oxygens (including phenoxy) is 1. The first kappa shape index (κ1) is 15.7. The van der Waals surface area contributed by atoms with Crippen LogP contribution >= 0.6 is 11.6 Å². The number of terminal acetylenes is 1. The van der Waals surface area contributed by atoms with Gasteiger partial charge in [0.25, 0.3) is 5.69 Å². The second-order valence-corrected chi connectivity index (χ2v) is 4.82. The van der Waals surface area contributed by atoms with Gasteiger partial charge in [0.15, 0.2) is 0 Å². The van der Waals surface area contributed by atoms with Crippen LogP contribution in [0.25, 0.3) is 0 Å². The summed E-state index contributed by atoms with van der Waals surface area (Å²) in [5.74, 6) is 2.92. The van der Waals surface area contributed by atoms with Crippen molar-refractivity contribution in [3.63, 3.8) is 0 Å². The predicted octanol–water partition coefficient (Wildman–Crippen LogP) is 3.87. The van der Waals surface area contributed by atoms with Gasteiger partial charge in [0.2, 0.25) is 0 Å². The molecule has 0 amide bonds. The quantitative estimate of drug-likeness (QED) is 0.499. The van der Waals surface area contributed by atoms with Crippen LogP contribution in [0.2, 0.25) is 5.02 Å². The number of anilines is 1. The first-order valence-electron chi connectivity index (χ1n) is 6.43. The summed E-state index contributed by atoms with van der Waals surface area (Å²) in [7, 11) is 0. The molecule has 2 aromatic carbocycles. The Kier molecular flexibility index (Phi) is 5.23. The Morgan fingerprint density at radius 2 is 2.00 bits per heavy atom. The van der Waals surface area contributed by atoms with E-state index in [4.69, 9.17) is 22.8 Å². The van der Waals surface area contributed by atoms with E-state index in [0.29, 0.717) is 17.3 Å². The minimum absolute atomic E-state index is 0.0589. The molecule has 0 saturated carbocycles. The Morgan fingerprint density at radius 1 is 1.27 bits per heavy atom. The number of nitrogens with one attached hydrogen (secondary N) is 1. The zero-order valence-electron chi connectivity index (χ0n) is 11.6. The third kappa shape index (κ3) is 4.14. The lowest BCUT2D eigenvalue weighted by atomic mass is 10.2. The molecule has 22 heavy (non-hydrogen) atoms. The molecule has 0 aliphatic heterocycles. The topological polar surface area (TPSA) is 64.4 Å². The van der Waals surface area contributed by atoms with Crippen LogP contribution in [-0.4, -0.2) is 11.5 Å². The second kappa shape index (κ2) is 7.34. The largest absolute Gasteiger partial charge is 0.479 e. The molecule has 0 atom stereocenters. The Balaban J connectivity index is 1.98. The van der Waals surface area contributed by atoms with Crippen LogP contribution in [0.3, 0.4) is 0 Å². The van der Waals surface area contributed by atoms with Gasteiger partial charge in [0, 0.05) is 24.4 Å². The smallest absolute Gasteiger partial charge is 0.269 e. The summed E-state index contributed by atoms with van der Waals surface area (Å²) < 4.78 is 5.29. The number of nitro benzene ring substituents is 1. The molecule has 0 unspecified atom stereocenters. The van der Waals surface area contributed by atoms with E-state index >= 15 is 0 Å². The number of nitrogens with zero attached hydrogens (tertiary/aromatic N) is 1. The summed E-state index contributed by atoms with van der Waals surface area (Å²) in [5, 5.41) is 14.2. The summed E-state index contributed by atoms with van der Waals surface area (Å²) in [4.78, 5) is 10.2. The maximum Gasteiger partial charge on any atom is 0.269 e. The lowest BCUT2D eigenvalue weighted by molar-refractivity contribution is -0.384. The number of hydrogen-bond acceptors (Lipinski definition) is 4. The minimum atomic E-state index is -0.432. The summed E-state index contributed by atoms with van der Waals surface area (Å²) in [5.41, 5.74) is 1.80. The van der Waals surface area contributed by atoms with Gasteiger partial charge in [-0.15, -0.1) is 6.42 Å². The molecule has 0 spiro atoms. The molecule has 0 aliphatic rings. The summed E-state index contributed by atoms with van der Waals surface area (Å²) >= 11 is 6.11. The normalized spacial score (nSPS) is 9.82. The van der Waals surface area contributed by atoms with Crippen LogP contribution < -0.4 is 10.1 Å². The molecule has 6 heteroatoms. The zero-order valence-corrected chi connectivity index (χ0v) is 12.3. The highest BCUT2D eigenvalue weighted by Gasteiger charge is 2.05. The van der Waals surface area contributed by atoms with E-state index in [1.54, 1.807) is 24.3 Å². The third-order valence-electron chi connectivity index (χ3n) is 2.88. The van der Waals surface area contributed by atoms with Gasteiger partial charge in [-0.3, -0.25) is 10.1 Å². The number of benzene rings is 2. The zero-order chi connectivity index (χ0) is 15.9. The molecular formula is C16H13ClN2O3. The van der Waals surface area contributed by atoms with Crippen molar-refractivity contribution in [2.75, 3.05) is 11.9 Å². The van der Waals surface area contributed by atoms with Gasteiger partial charge >= 0.3 is 0 Å². The van der Waals surface area contributed by atoms with Crippen molar-refractivity contribution in [2.45, 2.75) is 6.54 Å². The Labute approximate surface area is 133 Å². The van der Waals surface area contributed by atoms with Crippen LogP contribution in [-0.2, 0) is 6.54 Å². The fourth-order valence-corrected chi connectivity index (χ4v) is 2.05. The molecule has 1 N–H and O–H groups in total. The summed E-state index contributed by atoms with van der Waals surface area (Å²) in [6.45, 7) is 0.701. The van der Waals surface area contributed by atoms with Crippen molar-refractivity contribution < 1.29 is 9.66 Å². The standard InChI is InChI=1S/C16H13ClN2O3/c1-2-9-22-16-8-3-12(10-15(16)17)11-18-13-4-6-14(7-5-13)19(20)21/h1,3-8,10,18H,9,11H2. The SMILES string of the molecule is C#CCOc1ccc(CNc2ccc([N+](=O)[O-])cc2)cc1Cl. The molecule has 0 radical (unpaired) electrons. The van der Waals surface area contributed by atoms with Crippen LogP contribution in [0, 0.1) is 22.5 Å². The molecule has 5 nitrogen and oxygen atoms in total. The fraction of sp³-hybridized carbons (Fsp3) is 0.125. The van der Waals surface area contributed by atoms with E-state index in [0.717, 1.165) is 11.3 Å². The van der Waals surface area contributed by atoms with Crippen LogP contribution in [0.15, 0.2) is 42.5 Å². The maximum absolute atomic E-state index is 10.6. The molecule has 2 rings (SSSR count). The summed E-state index contributed by atoms with van der Waals surface area (Å²) in [6, 6.07) is 11.6. The third-order valence-corrected chi connectivity index (χ3v) is 3.18. The van der Waals surface area contributed by atoms with Crippen LogP contribution in [0.5, 0.6) is 5.75 Å².